The number of rotatable bonds is 5. The Bertz CT molecular complexity index is 592. The van der Waals surface area contributed by atoms with Crippen molar-refractivity contribution >= 4 is 17.4 Å². The minimum Gasteiger partial charge on any atom is -0.378 e. The zero-order valence-corrected chi connectivity index (χ0v) is 12.6. The van der Waals surface area contributed by atoms with E-state index in [1.807, 2.05) is 50.3 Å². The van der Waals surface area contributed by atoms with Gasteiger partial charge in [0.2, 0.25) is 0 Å². The van der Waals surface area contributed by atoms with Crippen LogP contribution in [0, 0.1) is 6.92 Å². The number of nitrogens with zero attached hydrogens (tertiary/aromatic N) is 2. The van der Waals surface area contributed by atoms with Crippen molar-refractivity contribution in [2.75, 3.05) is 30.9 Å². The van der Waals surface area contributed by atoms with Gasteiger partial charge in [-0.1, -0.05) is 6.07 Å². The summed E-state index contributed by atoms with van der Waals surface area (Å²) < 4.78 is 0. The van der Waals surface area contributed by atoms with E-state index in [4.69, 9.17) is 0 Å². The molecule has 1 aromatic carbocycles. The van der Waals surface area contributed by atoms with E-state index in [1.54, 1.807) is 6.20 Å². The second-order valence-corrected chi connectivity index (χ2v) is 5.13. The molecule has 21 heavy (non-hydrogen) atoms. The van der Waals surface area contributed by atoms with Gasteiger partial charge in [0.25, 0.3) is 0 Å². The van der Waals surface area contributed by atoms with E-state index in [9.17, 15) is 4.79 Å². The Morgan fingerprint density at radius 3 is 2.86 bits per heavy atom. The number of carbonyl (C=O) groups excluding carboxylic acids is 1. The van der Waals surface area contributed by atoms with Gasteiger partial charge in [0.15, 0.2) is 0 Å². The second kappa shape index (κ2) is 6.78. The van der Waals surface area contributed by atoms with Crippen LogP contribution in [0.5, 0.6) is 0 Å². The number of hydrogen-bond acceptors (Lipinski definition) is 3. The van der Waals surface area contributed by atoms with Gasteiger partial charge in [-0.2, -0.15) is 5.10 Å². The number of urea groups is 1. The highest BCUT2D eigenvalue weighted by Gasteiger charge is 2.06. The smallest absolute Gasteiger partial charge is 0.319 e. The molecule has 0 bridgehead atoms. The molecule has 6 nitrogen and oxygen atoms in total. The van der Waals surface area contributed by atoms with Gasteiger partial charge >= 0.3 is 6.03 Å². The number of aryl methyl sites for hydroxylation is 1. The zero-order valence-electron chi connectivity index (χ0n) is 12.6. The van der Waals surface area contributed by atoms with Gasteiger partial charge < -0.3 is 15.5 Å². The SMILES string of the molecule is Cc1ccc(N(C)C)cc1NC(=O)NCCc1cn[nH]c1. The first kappa shape index (κ1) is 14.9. The van der Waals surface area contributed by atoms with Crippen molar-refractivity contribution in [3.8, 4) is 0 Å². The first-order valence-electron chi connectivity index (χ1n) is 6.87. The van der Waals surface area contributed by atoms with Gasteiger partial charge in [0.05, 0.1) is 6.20 Å². The summed E-state index contributed by atoms with van der Waals surface area (Å²) in [6, 6.07) is 5.79. The van der Waals surface area contributed by atoms with Crippen LogP contribution in [0.3, 0.4) is 0 Å². The Hall–Kier alpha value is -2.50. The van der Waals surface area contributed by atoms with Crippen LogP contribution in [0.15, 0.2) is 30.6 Å². The highest BCUT2D eigenvalue weighted by atomic mass is 16.2. The molecule has 0 aliphatic carbocycles. The van der Waals surface area contributed by atoms with Crippen molar-refractivity contribution in [2.45, 2.75) is 13.3 Å². The predicted molar refractivity (Wildman–Crippen MR) is 84.8 cm³/mol. The molecule has 3 N–H and O–H groups in total. The highest BCUT2D eigenvalue weighted by Crippen LogP contribution is 2.21. The number of amides is 2. The standard InChI is InChI=1S/C15H21N5O/c1-11-4-5-13(20(2)3)8-14(11)19-15(21)16-7-6-12-9-17-18-10-12/h4-5,8-10H,6-7H2,1-3H3,(H,17,18)(H2,16,19,21). The van der Waals surface area contributed by atoms with Gasteiger partial charge in [0, 0.05) is 38.2 Å². The topological polar surface area (TPSA) is 73.1 Å². The Morgan fingerprint density at radius 2 is 2.19 bits per heavy atom. The minimum absolute atomic E-state index is 0.197. The maximum atomic E-state index is 11.9. The van der Waals surface area contributed by atoms with E-state index < -0.39 is 0 Å². The van der Waals surface area contributed by atoms with Crippen molar-refractivity contribution in [1.29, 1.82) is 0 Å². The molecule has 0 saturated heterocycles. The molecule has 6 heteroatoms. The average molecular weight is 287 g/mol. The fraction of sp³-hybridized carbons (Fsp3) is 0.333. The van der Waals surface area contributed by atoms with Gasteiger partial charge in [-0.05, 0) is 36.6 Å². The fourth-order valence-electron chi connectivity index (χ4n) is 1.92. The highest BCUT2D eigenvalue weighted by molar-refractivity contribution is 5.90. The third-order valence-corrected chi connectivity index (χ3v) is 3.24. The lowest BCUT2D eigenvalue weighted by Crippen LogP contribution is -2.30. The van der Waals surface area contributed by atoms with Crippen LogP contribution >= 0.6 is 0 Å². The maximum Gasteiger partial charge on any atom is 0.319 e. The van der Waals surface area contributed by atoms with E-state index in [-0.39, 0.29) is 6.03 Å². The first-order valence-corrected chi connectivity index (χ1v) is 6.87. The largest absolute Gasteiger partial charge is 0.378 e. The molecule has 1 heterocycles. The molecule has 0 atom stereocenters. The van der Waals surface area contributed by atoms with E-state index in [0.29, 0.717) is 6.54 Å². The number of aromatic nitrogens is 2. The number of benzene rings is 1. The summed E-state index contributed by atoms with van der Waals surface area (Å²) in [6.45, 7) is 2.54. The number of nitrogens with one attached hydrogen (secondary N) is 3. The Labute approximate surface area is 124 Å². The summed E-state index contributed by atoms with van der Waals surface area (Å²) in [6.07, 6.45) is 4.33. The van der Waals surface area contributed by atoms with Crippen LogP contribution < -0.4 is 15.5 Å². The fourth-order valence-corrected chi connectivity index (χ4v) is 1.92. The van der Waals surface area contributed by atoms with Crippen LogP contribution in [-0.2, 0) is 6.42 Å². The monoisotopic (exact) mass is 287 g/mol. The van der Waals surface area contributed by atoms with Crippen molar-refractivity contribution < 1.29 is 4.79 Å². The minimum atomic E-state index is -0.197. The molecule has 0 unspecified atom stereocenters. The second-order valence-electron chi connectivity index (χ2n) is 5.13. The number of aromatic amines is 1. The normalized spacial score (nSPS) is 10.2. The van der Waals surface area contributed by atoms with E-state index >= 15 is 0 Å². The third kappa shape index (κ3) is 4.24. The molecule has 2 rings (SSSR count). The lowest BCUT2D eigenvalue weighted by Gasteiger charge is -2.16. The van der Waals surface area contributed by atoms with Crippen molar-refractivity contribution in [3.05, 3.63) is 41.7 Å². The van der Waals surface area contributed by atoms with Gasteiger partial charge in [-0.3, -0.25) is 5.10 Å². The Morgan fingerprint density at radius 1 is 1.38 bits per heavy atom. The van der Waals surface area contributed by atoms with Crippen LogP contribution in [-0.4, -0.2) is 36.9 Å². The summed E-state index contributed by atoms with van der Waals surface area (Å²) >= 11 is 0. The molecule has 2 aromatic rings. The zero-order chi connectivity index (χ0) is 15.2. The molecular weight excluding hydrogens is 266 g/mol. The summed E-state index contributed by atoms with van der Waals surface area (Å²) in [5.41, 5.74) is 3.97. The summed E-state index contributed by atoms with van der Waals surface area (Å²) in [4.78, 5) is 13.9. The molecule has 112 valence electrons. The maximum absolute atomic E-state index is 11.9. The summed E-state index contributed by atoms with van der Waals surface area (Å²) in [5, 5.41) is 12.3. The molecular formula is C15H21N5O. The van der Waals surface area contributed by atoms with Gasteiger partial charge in [-0.15, -0.1) is 0 Å². The summed E-state index contributed by atoms with van der Waals surface area (Å²) in [7, 11) is 3.94. The van der Waals surface area contributed by atoms with E-state index in [1.165, 1.54) is 0 Å². The molecule has 1 aromatic heterocycles. The molecule has 0 saturated carbocycles. The van der Waals surface area contributed by atoms with E-state index in [2.05, 4.69) is 20.8 Å². The lowest BCUT2D eigenvalue weighted by molar-refractivity contribution is 0.252. The van der Waals surface area contributed by atoms with Gasteiger partial charge in [-0.25, -0.2) is 4.79 Å². The molecule has 0 spiro atoms. The van der Waals surface area contributed by atoms with Crippen LogP contribution in [0.4, 0.5) is 16.2 Å². The predicted octanol–water partition coefficient (Wildman–Crippen LogP) is 2.15. The number of carbonyl (C=O) groups is 1. The quantitative estimate of drug-likeness (QED) is 0.789. The molecule has 2 amide bonds. The number of H-pyrrole nitrogens is 1. The molecule has 0 aliphatic heterocycles. The Kier molecular flexibility index (Phi) is 4.81. The number of anilines is 2. The number of hydrogen-bond donors (Lipinski definition) is 3. The summed E-state index contributed by atoms with van der Waals surface area (Å²) in [5.74, 6) is 0. The average Bonchev–Trinajstić information content (AvgIpc) is 2.94. The third-order valence-electron chi connectivity index (χ3n) is 3.24. The first-order chi connectivity index (χ1) is 10.1. The van der Waals surface area contributed by atoms with Gasteiger partial charge in [0.1, 0.15) is 0 Å². The van der Waals surface area contributed by atoms with Crippen LogP contribution in [0.2, 0.25) is 0 Å². The lowest BCUT2D eigenvalue weighted by atomic mass is 10.1. The van der Waals surface area contributed by atoms with E-state index in [0.717, 1.165) is 28.9 Å². The van der Waals surface area contributed by atoms with Crippen molar-refractivity contribution in [1.82, 2.24) is 15.5 Å². The van der Waals surface area contributed by atoms with Crippen molar-refractivity contribution in [3.63, 3.8) is 0 Å². The molecule has 0 aliphatic rings. The molecule has 0 radical (unpaired) electrons. The molecule has 0 fully saturated rings. The van der Waals surface area contributed by atoms with Crippen LogP contribution in [0.1, 0.15) is 11.1 Å². The van der Waals surface area contributed by atoms with Crippen LogP contribution in [0.25, 0.3) is 0 Å². The van der Waals surface area contributed by atoms with Crippen molar-refractivity contribution in [2.24, 2.45) is 0 Å². The Balaban J connectivity index is 1.88.